The van der Waals surface area contributed by atoms with Gasteiger partial charge in [-0.05, 0) is 30.0 Å². The number of aliphatic imine (C=N–C) groups is 1. The number of rotatable bonds is 7. The van der Waals surface area contributed by atoms with E-state index >= 15 is 0 Å². The second kappa shape index (κ2) is 12.3. The quantitative estimate of drug-likeness (QED) is 0.260. The molecule has 172 valence electrons. The number of aryl methyl sites for hydroxylation is 1. The molecule has 32 heavy (non-hydrogen) atoms. The van der Waals surface area contributed by atoms with E-state index in [1.54, 1.807) is 24.6 Å². The number of ether oxygens (including phenoxy) is 1. The smallest absolute Gasteiger partial charge is 0.191 e. The summed E-state index contributed by atoms with van der Waals surface area (Å²) < 4.78 is 7.50. The van der Waals surface area contributed by atoms with Crippen molar-refractivity contribution >= 4 is 41.3 Å². The van der Waals surface area contributed by atoms with Gasteiger partial charge < -0.3 is 15.4 Å². The molecule has 1 fully saturated rings. The van der Waals surface area contributed by atoms with Crippen molar-refractivity contribution in [1.82, 2.24) is 30.1 Å². The lowest BCUT2D eigenvalue weighted by atomic mass is 10.2. The summed E-state index contributed by atoms with van der Waals surface area (Å²) in [6, 6.07) is 8.71. The number of guanidine groups is 1. The predicted octanol–water partition coefficient (Wildman–Crippen LogP) is 2.99. The van der Waals surface area contributed by atoms with E-state index in [2.05, 4.69) is 54.1 Å². The van der Waals surface area contributed by atoms with E-state index < -0.39 is 0 Å². The first kappa shape index (κ1) is 24.6. The number of hydrogen-bond acceptors (Lipinski definition) is 6. The molecular formula is C22H30IN7OS. The van der Waals surface area contributed by atoms with Crippen LogP contribution < -0.4 is 10.6 Å². The third-order valence-electron chi connectivity index (χ3n) is 5.39. The molecule has 1 atom stereocenters. The summed E-state index contributed by atoms with van der Waals surface area (Å²) in [6.07, 6.45) is 5.58. The summed E-state index contributed by atoms with van der Waals surface area (Å²) in [5.74, 6) is 2.57. The Morgan fingerprint density at radius 3 is 2.69 bits per heavy atom. The summed E-state index contributed by atoms with van der Waals surface area (Å²) in [4.78, 5) is 17.0. The third-order valence-corrected chi connectivity index (χ3v) is 6.36. The molecule has 1 aliphatic heterocycles. The number of imidazole rings is 1. The first-order valence-electron chi connectivity index (χ1n) is 10.5. The van der Waals surface area contributed by atoms with Gasteiger partial charge in [0, 0.05) is 56.7 Å². The van der Waals surface area contributed by atoms with Crippen LogP contribution in [0.3, 0.4) is 0 Å². The van der Waals surface area contributed by atoms with Crippen LogP contribution in [0.1, 0.15) is 22.3 Å². The highest BCUT2D eigenvalue weighted by Crippen LogP contribution is 2.25. The average molecular weight is 568 g/mol. The lowest BCUT2D eigenvalue weighted by molar-refractivity contribution is 0.0177. The molecule has 1 saturated heterocycles. The molecule has 0 radical (unpaired) electrons. The van der Waals surface area contributed by atoms with Crippen molar-refractivity contribution in [3.63, 3.8) is 0 Å². The monoisotopic (exact) mass is 567 g/mol. The molecule has 0 aromatic carbocycles. The normalized spacial score (nSPS) is 15.8. The fourth-order valence-electron chi connectivity index (χ4n) is 3.66. The second-order valence-corrected chi connectivity index (χ2v) is 8.33. The largest absolute Gasteiger partial charge is 0.379 e. The minimum Gasteiger partial charge on any atom is -0.379 e. The molecule has 0 amide bonds. The van der Waals surface area contributed by atoms with Gasteiger partial charge in [0.05, 0.1) is 19.3 Å². The molecular weight excluding hydrogens is 537 g/mol. The summed E-state index contributed by atoms with van der Waals surface area (Å²) in [5, 5.41) is 9.03. The molecule has 10 heteroatoms. The fourth-order valence-corrected chi connectivity index (χ4v) is 4.52. The minimum atomic E-state index is 0. The summed E-state index contributed by atoms with van der Waals surface area (Å²) in [6.45, 7) is 6.88. The van der Waals surface area contributed by atoms with Crippen LogP contribution in [-0.2, 0) is 11.3 Å². The second-order valence-electron chi connectivity index (χ2n) is 7.36. The van der Waals surface area contributed by atoms with Gasteiger partial charge in [0.15, 0.2) is 5.96 Å². The predicted molar refractivity (Wildman–Crippen MR) is 139 cm³/mol. The van der Waals surface area contributed by atoms with E-state index in [4.69, 9.17) is 4.74 Å². The molecule has 3 aromatic heterocycles. The number of hydrogen-bond donors (Lipinski definition) is 2. The number of morpholine rings is 1. The molecule has 1 unspecified atom stereocenters. The lowest BCUT2D eigenvalue weighted by Crippen LogP contribution is -2.46. The van der Waals surface area contributed by atoms with Crippen molar-refractivity contribution in [1.29, 1.82) is 0 Å². The summed E-state index contributed by atoms with van der Waals surface area (Å²) in [7, 11) is 1.80. The van der Waals surface area contributed by atoms with Crippen molar-refractivity contribution in [2.75, 3.05) is 39.9 Å². The molecule has 0 bridgehead atoms. The Morgan fingerprint density at radius 1 is 1.22 bits per heavy atom. The van der Waals surface area contributed by atoms with Crippen molar-refractivity contribution in [2.45, 2.75) is 19.5 Å². The third kappa shape index (κ3) is 6.27. The van der Waals surface area contributed by atoms with Gasteiger partial charge >= 0.3 is 0 Å². The molecule has 4 rings (SSSR count). The van der Waals surface area contributed by atoms with Crippen molar-refractivity contribution < 1.29 is 4.74 Å². The van der Waals surface area contributed by atoms with Crippen LogP contribution in [0, 0.1) is 6.92 Å². The Morgan fingerprint density at radius 2 is 2.06 bits per heavy atom. The van der Waals surface area contributed by atoms with Crippen LogP contribution in [0.4, 0.5) is 0 Å². The molecule has 0 spiro atoms. The molecule has 0 saturated carbocycles. The Kier molecular flexibility index (Phi) is 9.45. The number of nitrogens with one attached hydrogen (secondary N) is 2. The first-order chi connectivity index (χ1) is 15.2. The summed E-state index contributed by atoms with van der Waals surface area (Å²) in [5.41, 5.74) is 1.09. The molecule has 8 nitrogen and oxygen atoms in total. The maximum Gasteiger partial charge on any atom is 0.191 e. The Hall–Kier alpha value is -2.02. The molecule has 1 aliphatic rings. The van der Waals surface area contributed by atoms with E-state index in [0.717, 1.165) is 56.0 Å². The van der Waals surface area contributed by atoms with E-state index in [9.17, 15) is 0 Å². The maximum atomic E-state index is 5.53. The van der Waals surface area contributed by atoms with Gasteiger partial charge in [0.2, 0.25) is 0 Å². The SMILES string of the molecule is CN=C(NCc1ccc(-n2ccnc2C)nc1)NCC(c1cccs1)N1CCOCC1.I. The molecule has 0 aliphatic carbocycles. The van der Waals surface area contributed by atoms with Crippen LogP contribution in [0.2, 0.25) is 0 Å². The van der Waals surface area contributed by atoms with Crippen molar-refractivity contribution in [3.8, 4) is 5.82 Å². The van der Waals surface area contributed by atoms with Gasteiger partial charge in [0.1, 0.15) is 11.6 Å². The van der Waals surface area contributed by atoms with E-state index in [1.807, 2.05) is 30.0 Å². The van der Waals surface area contributed by atoms with E-state index in [-0.39, 0.29) is 24.0 Å². The zero-order chi connectivity index (χ0) is 21.5. The van der Waals surface area contributed by atoms with Crippen LogP contribution >= 0.6 is 35.3 Å². The molecule has 2 N–H and O–H groups in total. The number of pyridine rings is 1. The zero-order valence-corrected chi connectivity index (χ0v) is 21.5. The van der Waals surface area contributed by atoms with Crippen molar-refractivity contribution in [3.05, 3.63) is 64.5 Å². The van der Waals surface area contributed by atoms with Crippen molar-refractivity contribution in [2.24, 2.45) is 4.99 Å². The fraction of sp³-hybridized carbons (Fsp3) is 0.409. The van der Waals surface area contributed by atoms with Crippen LogP contribution in [0.5, 0.6) is 0 Å². The lowest BCUT2D eigenvalue weighted by Gasteiger charge is -2.34. The number of halogens is 1. The summed E-state index contributed by atoms with van der Waals surface area (Å²) >= 11 is 1.80. The van der Waals surface area contributed by atoms with Gasteiger partial charge in [-0.25, -0.2) is 9.97 Å². The number of nitrogens with zero attached hydrogens (tertiary/aromatic N) is 5. The van der Waals surface area contributed by atoms with Crippen LogP contribution in [-0.4, -0.2) is 65.3 Å². The van der Waals surface area contributed by atoms with Crippen LogP contribution in [0.15, 0.2) is 53.2 Å². The highest BCUT2D eigenvalue weighted by Gasteiger charge is 2.23. The zero-order valence-electron chi connectivity index (χ0n) is 18.4. The Bertz CT molecular complexity index is 969. The Labute approximate surface area is 210 Å². The maximum absolute atomic E-state index is 5.53. The minimum absolute atomic E-state index is 0. The Balaban J connectivity index is 0.00000289. The van der Waals surface area contributed by atoms with Gasteiger partial charge in [-0.2, -0.15) is 0 Å². The highest BCUT2D eigenvalue weighted by molar-refractivity contribution is 14.0. The van der Waals surface area contributed by atoms with Gasteiger partial charge in [-0.1, -0.05) is 12.1 Å². The average Bonchev–Trinajstić information content (AvgIpc) is 3.49. The topological polar surface area (TPSA) is 79.6 Å². The first-order valence-corrected chi connectivity index (χ1v) is 11.4. The molecule has 4 heterocycles. The van der Waals surface area contributed by atoms with Gasteiger partial charge in [-0.15, -0.1) is 35.3 Å². The van der Waals surface area contributed by atoms with Crippen LogP contribution in [0.25, 0.3) is 5.82 Å². The van der Waals surface area contributed by atoms with E-state index in [0.29, 0.717) is 12.6 Å². The highest BCUT2D eigenvalue weighted by atomic mass is 127. The number of thiophene rings is 1. The van der Waals surface area contributed by atoms with Gasteiger partial charge in [0.25, 0.3) is 0 Å². The molecule has 3 aromatic rings. The van der Waals surface area contributed by atoms with Gasteiger partial charge in [-0.3, -0.25) is 14.5 Å². The number of aromatic nitrogens is 3. The van der Waals surface area contributed by atoms with E-state index in [1.165, 1.54) is 4.88 Å². The standard InChI is InChI=1S/C22H29N7OS.HI/c1-17-24-7-8-29(17)21-6-5-18(14-25-21)15-26-22(23-2)27-16-19(20-4-3-13-31-20)28-9-11-30-12-10-28;/h3-8,13-14,19H,9-12,15-16H2,1-2H3,(H2,23,26,27);1H.